The van der Waals surface area contributed by atoms with Gasteiger partial charge in [-0.25, -0.2) is 0 Å². The zero-order valence-electron chi connectivity index (χ0n) is 10.1. The van der Waals surface area contributed by atoms with Crippen molar-refractivity contribution in [3.63, 3.8) is 0 Å². The molecule has 0 aliphatic carbocycles. The number of allylic oxidation sites excluding steroid dienone is 1. The van der Waals surface area contributed by atoms with Crippen LogP contribution in [0, 0.1) is 11.8 Å². The van der Waals surface area contributed by atoms with Crippen LogP contribution in [0.5, 0.6) is 0 Å². The molecular weight excluding hydrogens is 172 g/mol. The minimum absolute atomic E-state index is 0.615. The van der Waals surface area contributed by atoms with Crippen molar-refractivity contribution in [2.45, 2.75) is 52.0 Å². The maximum atomic E-state index is 3.88. The summed E-state index contributed by atoms with van der Waals surface area (Å²) < 4.78 is 0. The first-order chi connectivity index (χ1) is 5.89. The highest BCUT2D eigenvalue weighted by Gasteiger charge is 2.24. The summed E-state index contributed by atoms with van der Waals surface area (Å²) in [5, 5.41) is 0.615. The van der Waals surface area contributed by atoms with Gasteiger partial charge >= 0.3 is 0 Å². The average molecular weight is 198 g/mol. The summed E-state index contributed by atoms with van der Waals surface area (Å²) in [6.07, 6.45) is 6.08. The van der Waals surface area contributed by atoms with Crippen molar-refractivity contribution in [2.75, 3.05) is 0 Å². The number of hydrogen-bond acceptors (Lipinski definition) is 0. The van der Waals surface area contributed by atoms with Crippen LogP contribution >= 0.6 is 0 Å². The Bertz CT molecular complexity index is 137. The second kappa shape index (κ2) is 5.64. The predicted molar refractivity (Wildman–Crippen MR) is 66.4 cm³/mol. The lowest BCUT2D eigenvalue weighted by atomic mass is 9.86. The topological polar surface area (TPSA) is 0 Å². The van der Waals surface area contributed by atoms with E-state index < -0.39 is 0 Å². The Labute approximate surface area is 87.2 Å². The molecular formula is C12H26Si. The summed E-state index contributed by atoms with van der Waals surface area (Å²) in [4.78, 5) is 0. The second-order valence-corrected chi connectivity index (χ2v) is 7.62. The Morgan fingerprint density at radius 2 is 1.54 bits per heavy atom. The lowest BCUT2D eigenvalue weighted by Crippen LogP contribution is -2.17. The monoisotopic (exact) mass is 198 g/mol. The molecule has 0 radical (unpaired) electrons. The van der Waals surface area contributed by atoms with E-state index in [2.05, 4.69) is 40.3 Å². The van der Waals surface area contributed by atoms with Gasteiger partial charge in [0.25, 0.3) is 0 Å². The Kier molecular flexibility index (Phi) is 5.62. The molecule has 0 aliphatic heterocycles. The van der Waals surface area contributed by atoms with Crippen LogP contribution in [0.2, 0.25) is 5.04 Å². The summed E-state index contributed by atoms with van der Waals surface area (Å²) in [6.45, 7) is 13.2. The molecule has 0 aliphatic rings. The summed E-state index contributed by atoms with van der Waals surface area (Å²) in [5.74, 6) is 1.66. The summed E-state index contributed by atoms with van der Waals surface area (Å²) in [5.41, 5.74) is 0. The van der Waals surface area contributed by atoms with Crippen LogP contribution < -0.4 is 0 Å². The predicted octanol–water partition coefficient (Wildman–Crippen LogP) is 3.18. The molecule has 0 amide bonds. The lowest BCUT2D eigenvalue weighted by molar-refractivity contribution is 0.365. The summed E-state index contributed by atoms with van der Waals surface area (Å²) in [7, 11) is 1.30. The molecule has 1 heteroatoms. The molecule has 13 heavy (non-hydrogen) atoms. The van der Waals surface area contributed by atoms with Crippen molar-refractivity contribution in [3.8, 4) is 0 Å². The average Bonchev–Trinajstić information content (AvgIpc) is 1.81. The van der Waals surface area contributed by atoms with E-state index in [1.165, 1.54) is 29.5 Å². The van der Waals surface area contributed by atoms with Gasteiger partial charge in [-0.1, -0.05) is 33.8 Å². The van der Waals surface area contributed by atoms with Crippen molar-refractivity contribution >= 4 is 10.2 Å². The van der Waals surface area contributed by atoms with E-state index in [0.717, 1.165) is 11.8 Å². The minimum atomic E-state index is 0.615. The Hall–Kier alpha value is -0.0431. The van der Waals surface area contributed by atoms with Crippen LogP contribution in [0.3, 0.4) is 0 Å². The third-order valence-electron chi connectivity index (χ3n) is 2.44. The highest BCUT2D eigenvalue weighted by molar-refractivity contribution is 6.15. The maximum absolute atomic E-state index is 3.88. The zero-order valence-corrected chi connectivity index (χ0v) is 12.1. The highest BCUT2D eigenvalue weighted by Crippen LogP contribution is 2.40. The number of rotatable bonds is 6. The van der Waals surface area contributed by atoms with Gasteiger partial charge in [0.05, 0.1) is 0 Å². The van der Waals surface area contributed by atoms with Crippen molar-refractivity contribution in [1.82, 2.24) is 0 Å². The molecule has 0 saturated carbocycles. The third-order valence-corrected chi connectivity index (χ3v) is 3.66. The smallest absolute Gasteiger partial charge is 0.0111 e. The molecule has 0 atom stereocenters. The van der Waals surface area contributed by atoms with Crippen LogP contribution in [-0.2, 0) is 0 Å². The van der Waals surface area contributed by atoms with Crippen LogP contribution in [0.1, 0.15) is 47.0 Å². The van der Waals surface area contributed by atoms with Crippen molar-refractivity contribution in [3.05, 3.63) is 12.7 Å². The molecule has 0 heterocycles. The van der Waals surface area contributed by atoms with E-state index in [9.17, 15) is 0 Å². The highest BCUT2D eigenvalue weighted by atomic mass is 28.1. The van der Waals surface area contributed by atoms with Gasteiger partial charge < -0.3 is 0 Å². The third kappa shape index (κ3) is 6.09. The Morgan fingerprint density at radius 1 is 1.15 bits per heavy atom. The first-order valence-corrected chi connectivity index (χ1v) is 6.50. The van der Waals surface area contributed by atoms with Crippen molar-refractivity contribution in [2.24, 2.45) is 11.8 Å². The fourth-order valence-electron chi connectivity index (χ4n) is 2.57. The summed E-state index contributed by atoms with van der Waals surface area (Å²) in [6, 6.07) is 0. The van der Waals surface area contributed by atoms with Crippen LogP contribution in [0.4, 0.5) is 0 Å². The quantitative estimate of drug-likeness (QED) is 0.454. The van der Waals surface area contributed by atoms with Crippen LogP contribution in [-0.4, -0.2) is 10.2 Å². The van der Waals surface area contributed by atoms with E-state index in [-0.39, 0.29) is 0 Å². The first kappa shape index (κ1) is 13.0. The van der Waals surface area contributed by atoms with Gasteiger partial charge in [-0.05, 0) is 36.1 Å². The molecule has 0 nitrogen and oxygen atoms in total. The van der Waals surface area contributed by atoms with E-state index in [1.54, 1.807) is 0 Å². The van der Waals surface area contributed by atoms with Gasteiger partial charge in [0, 0.05) is 10.2 Å². The van der Waals surface area contributed by atoms with E-state index in [1.807, 2.05) is 0 Å². The lowest BCUT2D eigenvalue weighted by Gasteiger charge is -2.32. The molecule has 0 aromatic heterocycles. The van der Waals surface area contributed by atoms with Gasteiger partial charge in [0.15, 0.2) is 0 Å². The molecule has 78 valence electrons. The van der Waals surface area contributed by atoms with Gasteiger partial charge in [-0.3, -0.25) is 0 Å². The maximum Gasteiger partial charge on any atom is 0.0111 e. The number of hydrogen-bond donors (Lipinski definition) is 0. The SMILES string of the molecule is C=CCC([SiH3])(CC(C)C)CC(C)C. The molecule has 0 rings (SSSR count). The molecule has 0 aromatic rings. The van der Waals surface area contributed by atoms with Gasteiger partial charge in [-0.15, -0.1) is 6.58 Å². The van der Waals surface area contributed by atoms with Crippen molar-refractivity contribution < 1.29 is 0 Å². The zero-order chi connectivity index (χ0) is 10.5. The second-order valence-electron chi connectivity index (χ2n) is 5.50. The molecule has 0 saturated heterocycles. The van der Waals surface area contributed by atoms with E-state index in [4.69, 9.17) is 0 Å². The fraction of sp³-hybridized carbons (Fsp3) is 0.833. The van der Waals surface area contributed by atoms with E-state index in [0.29, 0.717) is 5.04 Å². The molecule has 0 spiro atoms. The first-order valence-electron chi connectivity index (χ1n) is 5.50. The molecule has 0 fully saturated rings. The van der Waals surface area contributed by atoms with Gasteiger partial charge in [0.2, 0.25) is 0 Å². The fourth-order valence-corrected chi connectivity index (χ4v) is 4.49. The van der Waals surface area contributed by atoms with Crippen molar-refractivity contribution in [1.29, 1.82) is 0 Å². The van der Waals surface area contributed by atoms with Crippen LogP contribution in [0.15, 0.2) is 12.7 Å². The minimum Gasteiger partial charge on any atom is -0.103 e. The van der Waals surface area contributed by atoms with E-state index >= 15 is 0 Å². The van der Waals surface area contributed by atoms with Gasteiger partial charge in [0.1, 0.15) is 0 Å². The standard InChI is InChI=1S/C12H26Si/c1-6-7-12(13,8-10(2)3)9-11(4)5/h6,10-11H,1,7-9H2,2-5,13H3. The molecule has 0 unspecified atom stereocenters. The van der Waals surface area contributed by atoms with Gasteiger partial charge in [-0.2, -0.15) is 0 Å². The molecule has 0 N–H and O–H groups in total. The normalized spacial score (nSPS) is 12.8. The Balaban J connectivity index is 4.23. The summed E-state index contributed by atoms with van der Waals surface area (Å²) >= 11 is 0. The van der Waals surface area contributed by atoms with Crippen LogP contribution in [0.25, 0.3) is 0 Å². The molecule has 0 aromatic carbocycles. The largest absolute Gasteiger partial charge is 0.103 e. The Morgan fingerprint density at radius 3 is 1.77 bits per heavy atom. The molecule has 0 bridgehead atoms.